The first-order valence-corrected chi connectivity index (χ1v) is 10.1. The molecule has 0 saturated heterocycles. The van der Waals surface area contributed by atoms with Crippen molar-refractivity contribution in [2.24, 2.45) is 5.92 Å². The molecule has 7 nitrogen and oxygen atoms in total. The lowest BCUT2D eigenvalue weighted by atomic mass is 10.0. The molecule has 0 radical (unpaired) electrons. The van der Waals surface area contributed by atoms with E-state index in [0.29, 0.717) is 12.8 Å². The summed E-state index contributed by atoms with van der Waals surface area (Å²) >= 11 is 0. The number of halogens is 2. The number of carbonyl (C=O) groups excluding carboxylic acids is 2. The molecule has 0 spiro atoms. The summed E-state index contributed by atoms with van der Waals surface area (Å²) in [6, 6.07) is 0. The predicted molar refractivity (Wildman–Crippen MR) is 90.4 cm³/mol. The van der Waals surface area contributed by atoms with E-state index in [0.717, 1.165) is 0 Å². The molecule has 2 saturated carbocycles. The summed E-state index contributed by atoms with van der Waals surface area (Å²) in [6.07, 6.45) is -3.33. The van der Waals surface area contributed by atoms with Crippen LogP contribution in [0.4, 0.5) is 13.6 Å². The first-order valence-electron chi connectivity index (χ1n) is 8.40. The maximum absolute atomic E-state index is 12.7. The van der Waals surface area contributed by atoms with E-state index in [1.807, 2.05) is 0 Å². The quantitative estimate of drug-likeness (QED) is 0.612. The van der Waals surface area contributed by atoms with Crippen LogP contribution < -0.4 is 5.32 Å². The maximum Gasteiger partial charge on any atom is 0.408 e. The number of nitrogens with one attached hydrogen (secondary N) is 2. The van der Waals surface area contributed by atoms with Crippen molar-refractivity contribution in [3.8, 4) is 0 Å². The molecule has 0 aromatic rings. The molecule has 26 heavy (non-hydrogen) atoms. The van der Waals surface area contributed by atoms with Gasteiger partial charge in [-0.15, -0.1) is 0 Å². The number of amides is 1. The summed E-state index contributed by atoms with van der Waals surface area (Å²) in [6.45, 7) is 4.82. The Morgan fingerprint density at radius 3 is 2.35 bits per heavy atom. The fourth-order valence-electron chi connectivity index (χ4n) is 2.88. The van der Waals surface area contributed by atoms with Crippen LogP contribution in [0.2, 0.25) is 0 Å². The van der Waals surface area contributed by atoms with Crippen LogP contribution in [-0.2, 0) is 19.4 Å². The Balaban J connectivity index is 2.12. The largest absolute Gasteiger partial charge is 0.444 e. The van der Waals surface area contributed by atoms with Crippen LogP contribution in [0, 0.1) is 11.3 Å². The van der Waals surface area contributed by atoms with E-state index in [-0.39, 0.29) is 6.42 Å². The molecule has 0 aromatic heterocycles. The van der Waals surface area contributed by atoms with E-state index in [1.165, 1.54) is 0 Å². The molecular weight excluding hydrogens is 370 g/mol. The van der Waals surface area contributed by atoms with Crippen LogP contribution in [-0.4, -0.2) is 54.6 Å². The molecule has 10 heteroatoms. The van der Waals surface area contributed by atoms with Crippen LogP contribution in [0.1, 0.15) is 46.5 Å². The normalized spacial score (nSPS) is 25.7. The Kier molecular flexibility index (Phi) is 5.47. The monoisotopic (exact) mass is 394 g/mol. The van der Waals surface area contributed by atoms with Crippen molar-refractivity contribution in [2.75, 3.05) is 5.75 Å². The molecule has 0 aliphatic heterocycles. The zero-order valence-electron chi connectivity index (χ0n) is 15.0. The number of Topliss-reactive ketones (excluding diaryl/α,β-unsaturated/α-hetero) is 1. The van der Waals surface area contributed by atoms with Crippen LogP contribution in [0.3, 0.4) is 0 Å². The lowest BCUT2D eigenvalue weighted by Crippen LogP contribution is -2.50. The van der Waals surface area contributed by atoms with Gasteiger partial charge in [-0.1, -0.05) is 0 Å². The molecule has 148 valence electrons. The van der Waals surface area contributed by atoms with Gasteiger partial charge in [-0.2, -0.15) is 0 Å². The minimum Gasteiger partial charge on any atom is -0.444 e. The number of alkyl halides is 2. The number of hydrogen-bond acceptors (Lipinski definition) is 6. The third-order valence-electron chi connectivity index (χ3n) is 4.35. The highest BCUT2D eigenvalue weighted by Gasteiger charge is 2.62. The van der Waals surface area contributed by atoms with E-state index < -0.39 is 68.3 Å². The highest BCUT2D eigenvalue weighted by molar-refractivity contribution is 7.93. The number of alkyl carbamates (subject to hydrolysis) is 1. The van der Waals surface area contributed by atoms with E-state index in [4.69, 9.17) is 10.1 Å². The summed E-state index contributed by atoms with van der Waals surface area (Å²) in [5.41, 5.74) is -3.23. The van der Waals surface area contributed by atoms with Crippen molar-refractivity contribution in [1.82, 2.24) is 5.32 Å². The zero-order chi connectivity index (χ0) is 19.9. The highest BCUT2D eigenvalue weighted by Crippen LogP contribution is 2.48. The number of ether oxygens (including phenoxy) is 1. The van der Waals surface area contributed by atoms with Gasteiger partial charge in [-0.25, -0.2) is 22.0 Å². The second-order valence-corrected chi connectivity index (χ2v) is 10.2. The molecule has 2 aliphatic carbocycles. The van der Waals surface area contributed by atoms with Gasteiger partial charge in [0.15, 0.2) is 9.84 Å². The number of rotatable bonds is 8. The third kappa shape index (κ3) is 4.99. The van der Waals surface area contributed by atoms with Crippen molar-refractivity contribution in [3.63, 3.8) is 0 Å². The van der Waals surface area contributed by atoms with Gasteiger partial charge in [0.25, 0.3) is 0 Å². The average molecular weight is 394 g/mol. The molecule has 2 rings (SSSR count). The molecular formula is C16H24F2N2O5S. The highest BCUT2D eigenvalue weighted by atomic mass is 32.2. The van der Waals surface area contributed by atoms with E-state index in [2.05, 4.69) is 5.32 Å². The molecule has 2 atom stereocenters. The summed E-state index contributed by atoms with van der Waals surface area (Å²) in [7, 11) is -3.60. The summed E-state index contributed by atoms with van der Waals surface area (Å²) in [5, 5.41) is 9.63. The van der Waals surface area contributed by atoms with Crippen molar-refractivity contribution in [3.05, 3.63) is 0 Å². The maximum atomic E-state index is 12.7. The second kappa shape index (κ2) is 6.86. The Bertz CT molecular complexity index is 713. The molecule has 2 fully saturated rings. The van der Waals surface area contributed by atoms with Gasteiger partial charge in [0.2, 0.25) is 12.2 Å². The molecule has 2 N–H and O–H groups in total. The third-order valence-corrected chi connectivity index (χ3v) is 6.53. The van der Waals surface area contributed by atoms with Crippen LogP contribution in [0.15, 0.2) is 0 Å². The fraction of sp³-hybridized carbons (Fsp3) is 0.812. The van der Waals surface area contributed by atoms with Crippen molar-refractivity contribution in [1.29, 1.82) is 5.41 Å². The summed E-state index contributed by atoms with van der Waals surface area (Å²) < 4.78 is 54.5. The Morgan fingerprint density at radius 1 is 1.31 bits per heavy atom. The zero-order valence-corrected chi connectivity index (χ0v) is 15.8. The number of carbonyl (C=O) groups is 2. The minimum absolute atomic E-state index is 0.0682. The number of sulfone groups is 1. The van der Waals surface area contributed by atoms with Crippen molar-refractivity contribution >= 4 is 27.4 Å². The molecule has 0 bridgehead atoms. The second-order valence-electron chi connectivity index (χ2n) is 7.94. The Hall–Kier alpha value is -1.58. The Labute approximate surface area is 151 Å². The van der Waals surface area contributed by atoms with Gasteiger partial charge >= 0.3 is 6.09 Å². The smallest absolute Gasteiger partial charge is 0.408 e. The number of ketones is 1. The average Bonchev–Trinajstić information content (AvgIpc) is 3.30. The van der Waals surface area contributed by atoms with E-state index in [1.54, 1.807) is 20.8 Å². The Morgan fingerprint density at radius 2 is 1.88 bits per heavy atom. The molecule has 1 amide bonds. The van der Waals surface area contributed by atoms with Gasteiger partial charge in [-0.3, -0.25) is 4.79 Å². The topological polar surface area (TPSA) is 113 Å². The van der Waals surface area contributed by atoms with Crippen LogP contribution in [0.25, 0.3) is 0 Å². The molecule has 0 aromatic carbocycles. The number of hydrogen-bond donors (Lipinski definition) is 2. The molecule has 2 aliphatic rings. The fourth-order valence-corrected chi connectivity index (χ4v) is 4.51. The SMILES string of the molecule is CC(C)(C)OC(=O)N[C@]1(C(=O)C(=N)CS(=O)(=O)C2CC2)C[C@H]1CC(F)F. The molecule has 0 unspecified atom stereocenters. The van der Waals surface area contributed by atoms with Gasteiger partial charge in [0.05, 0.1) is 16.7 Å². The van der Waals surface area contributed by atoms with Gasteiger partial charge in [-0.05, 0) is 46.0 Å². The van der Waals surface area contributed by atoms with Gasteiger partial charge in [0, 0.05) is 6.42 Å². The molecule has 0 heterocycles. The first-order chi connectivity index (χ1) is 11.8. The first kappa shape index (κ1) is 20.7. The van der Waals surface area contributed by atoms with Crippen LogP contribution in [0.5, 0.6) is 0 Å². The summed E-state index contributed by atoms with van der Waals surface area (Å²) in [4.78, 5) is 24.7. The standard InChI is InChI=1S/C16H24F2N2O5S/c1-15(2,3)25-14(22)20-16(7-9(16)6-12(17)18)13(21)11(19)8-26(23,24)10-4-5-10/h9-10,12,19H,4-8H2,1-3H3,(H,20,22)/t9-,16-/m1/s1. The van der Waals surface area contributed by atoms with Gasteiger partial charge in [0.1, 0.15) is 11.1 Å². The minimum atomic E-state index is -3.60. The predicted octanol–water partition coefficient (Wildman–Crippen LogP) is 2.09. The van der Waals surface area contributed by atoms with E-state index in [9.17, 15) is 26.8 Å². The lowest BCUT2D eigenvalue weighted by molar-refractivity contribution is -0.116. The van der Waals surface area contributed by atoms with Crippen molar-refractivity contribution in [2.45, 2.75) is 69.3 Å². The van der Waals surface area contributed by atoms with Crippen molar-refractivity contribution < 1.29 is 31.5 Å². The van der Waals surface area contributed by atoms with Crippen LogP contribution >= 0.6 is 0 Å². The summed E-state index contributed by atoms with van der Waals surface area (Å²) in [5.74, 6) is -2.53. The van der Waals surface area contributed by atoms with E-state index >= 15 is 0 Å². The van der Waals surface area contributed by atoms with Gasteiger partial charge < -0.3 is 15.5 Å². The lowest BCUT2D eigenvalue weighted by Gasteiger charge is -2.24.